The van der Waals surface area contributed by atoms with Crippen molar-refractivity contribution in [3.63, 3.8) is 0 Å². The summed E-state index contributed by atoms with van der Waals surface area (Å²) >= 11 is 1.60. The van der Waals surface area contributed by atoms with Crippen LogP contribution in [0.2, 0.25) is 0 Å². The smallest absolute Gasteiger partial charge is 0.312 e. The molecule has 0 radical (unpaired) electrons. The summed E-state index contributed by atoms with van der Waals surface area (Å²) in [7, 11) is 3.20. The molecule has 0 saturated heterocycles. The predicted octanol–water partition coefficient (Wildman–Crippen LogP) is 3.71. The van der Waals surface area contributed by atoms with Crippen LogP contribution < -0.4 is 0 Å². The lowest BCUT2D eigenvalue weighted by atomic mass is 9.70. The van der Waals surface area contributed by atoms with Crippen LogP contribution in [0.1, 0.15) is 42.0 Å². The second-order valence-electron chi connectivity index (χ2n) is 8.05. The van der Waals surface area contributed by atoms with Crippen molar-refractivity contribution in [3.05, 3.63) is 52.0 Å². The number of aliphatic hydroxyl groups excluding tert-OH is 1. The second-order valence-corrected chi connectivity index (χ2v) is 8.96. The lowest BCUT2D eigenvalue weighted by molar-refractivity contribution is -0.151. The van der Waals surface area contributed by atoms with E-state index in [1.54, 1.807) is 29.3 Å². The number of fused-ring (bicyclic) bond motifs is 2. The highest BCUT2D eigenvalue weighted by atomic mass is 32.1. The summed E-state index contributed by atoms with van der Waals surface area (Å²) in [4.78, 5) is 17.4. The van der Waals surface area contributed by atoms with Crippen LogP contribution in [-0.2, 0) is 23.2 Å². The molecule has 8 heteroatoms. The van der Waals surface area contributed by atoms with Gasteiger partial charge in [0.2, 0.25) is 0 Å². The number of carbonyl (C=O) groups excluding carboxylic acids is 1. The lowest BCUT2D eigenvalue weighted by Gasteiger charge is -2.33. The van der Waals surface area contributed by atoms with Gasteiger partial charge >= 0.3 is 5.97 Å². The van der Waals surface area contributed by atoms with Gasteiger partial charge in [-0.1, -0.05) is 11.3 Å². The summed E-state index contributed by atoms with van der Waals surface area (Å²) in [6.07, 6.45) is 1.80. The number of aryl methyl sites for hydroxylation is 2. The number of thiophene rings is 1. The van der Waals surface area contributed by atoms with Gasteiger partial charge in [0.1, 0.15) is 5.52 Å². The van der Waals surface area contributed by atoms with E-state index in [4.69, 9.17) is 4.74 Å². The number of aliphatic hydroxyl groups is 1. The molecule has 7 nitrogen and oxygen atoms in total. The number of methoxy groups -OCH3 is 1. The van der Waals surface area contributed by atoms with Crippen LogP contribution in [0.25, 0.3) is 21.3 Å². The largest absolute Gasteiger partial charge is 0.469 e. The zero-order valence-electron chi connectivity index (χ0n) is 17.6. The first-order valence-corrected chi connectivity index (χ1v) is 10.5. The molecule has 1 unspecified atom stereocenters. The van der Waals surface area contributed by atoms with Gasteiger partial charge in [0.25, 0.3) is 0 Å². The van der Waals surface area contributed by atoms with Crippen molar-refractivity contribution >= 4 is 38.6 Å². The molecule has 0 fully saturated rings. The van der Waals surface area contributed by atoms with E-state index in [2.05, 4.69) is 21.4 Å². The highest BCUT2D eigenvalue weighted by molar-refractivity contribution is 7.17. The normalized spacial score (nSPS) is 13.1. The fourth-order valence-electron chi connectivity index (χ4n) is 4.23. The third kappa shape index (κ3) is 3.07. The molecule has 1 atom stereocenters. The summed E-state index contributed by atoms with van der Waals surface area (Å²) in [6.45, 7) is 5.65. The topological polar surface area (TPSA) is 90.1 Å². The number of hydrogen-bond donors (Lipinski definition) is 1. The number of aromatic nitrogens is 4. The van der Waals surface area contributed by atoms with Crippen molar-refractivity contribution in [1.82, 2.24) is 20.0 Å². The molecule has 0 aliphatic heterocycles. The van der Waals surface area contributed by atoms with Crippen molar-refractivity contribution in [2.75, 3.05) is 7.11 Å². The lowest BCUT2D eigenvalue weighted by Crippen LogP contribution is -2.34. The van der Waals surface area contributed by atoms with Gasteiger partial charge in [-0.25, -0.2) is 9.67 Å². The Kier molecular flexibility index (Phi) is 5.07. The van der Waals surface area contributed by atoms with Gasteiger partial charge in [-0.05, 0) is 65.9 Å². The minimum absolute atomic E-state index is 0.0728. The molecule has 0 spiro atoms. The van der Waals surface area contributed by atoms with Crippen LogP contribution in [0.3, 0.4) is 0 Å². The third-order valence-electron chi connectivity index (χ3n) is 5.81. The van der Waals surface area contributed by atoms with Crippen LogP contribution in [0.15, 0.2) is 29.8 Å². The van der Waals surface area contributed by atoms with Gasteiger partial charge in [-0.3, -0.25) is 4.79 Å². The summed E-state index contributed by atoms with van der Waals surface area (Å²) in [5.74, 6) is -0.666. The first-order valence-electron chi connectivity index (χ1n) is 9.63. The van der Waals surface area contributed by atoms with Crippen molar-refractivity contribution < 1.29 is 14.6 Å². The molecule has 30 heavy (non-hydrogen) atoms. The molecule has 0 aliphatic rings. The Morgan fingerprint density at radius 2 is 2.13 bits per heavy atom. The van der Waals surface area contributed by atoms with Gasteiger partial charge in [0, 0.05) is 23.9 Å². The Bertz CT molecular complexity index is 1260. The summed E-state index contributed by atoms with van der Waals surface area (Å²) in [5, 5.41) is 21.4. The van der Waals surface area contributed by atoms with Gasteiger partial charge in [0.15, 0.2) is 5.65 Å². The number of pyridine rings is 1. The quantitative estimate of drug-likeness (QED) is 0.491. The van der Waals surface area contributed by atoms with Gasteiger partial charge < -0.3 is 9.84 Å². The van der Waals surface area contributed by atoms with E-state index in [-0.39, 0.29) is 18.5 Å². The number of esters is 1. The highest BCUT2D eigenvalue weighted by Crippen LogP contribution is 2.45. The van der Waals surface area contributed by atoms with Crippen molar-refractivity contribution in [2.24, 2.45) is 12.5 Å². The third-order valence-corrected chi connectivity index (χ3v) is 6.82. The number of rotatable bonds is 5. The zero-order valence-corrected chi connectivity index (χ0v) is 18.4. The minimum atomic E-state index is -0.881. The SMILES string of the molecule is COC(=O)C(C)(C)C(c1cc(CO)c2sccc2c1)c1cnc2c(nnn2C)c1C. The van der Waals surface area contributed by atoms with E-state index in [1.807, 2.05) is 38.3 Å². The molecule has 1 aromatic carbocycles. The average molecular weight is 425 g/mol. The molecule has 0 amide bonds. The monoisotopic (exact) mass is 424 g/mol. The van der Waals surface area contributed by atoms with Gasteiger partial charge in [0.05, 0.1) is 19.1 Å². The number of benzene rings is 1. The van der Waals surface area contributed by atoms with Crippen LogP contribution in [-0.4, -0.2) is 38.2 Å². The maximum atomic E-state index is 12.8. The van der Waals surface area contributed by atoms with E-state index in [0.717, 1.165) is 32.3 Å². The van der Waals surface area contributed by atoms with E-state index >= 15 is 0 Å². The summed E-state index contributed by atoms with van der Waals surface area (Å²) < 4.78 is 7.84. The molecule has 4 rings (SSSR count). The Balaban J connectivity index is 2.01. The standard InChI is InChI=1S/C22H24N4O3S/c1-12-16(10-23-20-18(12)24-25-26(20)4)17(22(2,3)21(28)29-5)14-8-13-6-7-30-19(13)15(9-14)11-27/h6-10,17,27H,11H2,1-5H3. The molecule has 0 aliphatic carbocycles. The van der Waals surface area contributed by atoms with Crippen LogP contribution >= 0.6 is 11.3 Å². The maximum absolute atomic E-state index is 12.8. The summed E-state index contributed by atoms with van der Waals surface area (Å²) in [6, 6.07) is 6.09. The Labute approximate surface area is 178 Å². The van der Waals surface area contributed by atoms with Crippen LogP contribution in [0.4, 0.5) is 0 Å². The molecule has 3 heterocycles. The van der Waals surface area contributed by atoms with Crippen molar-refractivity contribution in [2.45, 2.75) is 33.3 Å². The number of ether oxygens (including phenoxy) is 1. The van der Waals surface area contributed by atoms with E-state index in [9.17, 15) is 9.90 Å². The minimum Gasteiger partial charge on any atom is -0.469 e. The molecule has 4 aromatic rings. The van der Waals surface area contributed by atoms with Gasteiger partial charge in [-0.2, -0.15) is 0 Å². The number of hydrogen-bond acceptors (Lipinski definition) is 7. The summed E-state index contributed by atoms with van der Waals surface area (Å²) in [5.41, 5.74) is 4.09. The average Bonchev–Trinajstić information content (AvgIpc) is 3.35. The van der Waals surface area contributed by atoms with E-state index in [0.29, 0.717) is 11.2 Å². The van der Waals surface area contributed by atoms with Gasteiger partial charge in [-0.15, -0.1) is 16.4 Å². The predicted molar refractivity (Wildman–Crippen MR) is 116 cm³/mol. The highest BCUT2D eigenvalue weighted by Gasteiger charge is 2.41. The first kappa shape index (κ1) is 20.4. The van der Waals surface area contributed by atoms with E-state index in [1.165, 1.54) is 7.11 Å². The van der Waals surface area contributed by atoms with E-state index < -0.39 is 5.41 Å². The Hall–Kier alpha value is -2.84. The molecule has 3 aromatic heterocycles. The number of nitrogens with zero attached hydrogens (tertiary/aromatic N) is 4. The Morgan fingerprint density at radius 3 is 2.83 bits per heavy atom. The fourth-order valence-corrected chi connectivity index (χ4v) is 5.12. The number of carbonyl (C=O) groups is 1. The molecule has 156 valence electrons. The van der Waals surface area contributed by atoms with Crippen LogP contribution in [0, 0.1) is 12.3 Å². The molecule has 0 saturated carbocycles. The fraction of sp³-hybridized carbons (Fsp3) is 0.364. The van der Waals surface area contributed by atoms with Crippen molar-refractivity contribution in [3.8, 4) is 0 Å². The maximum Gasteiger partial charge on any atom is 0.312 e. The Morgan fingerprint density at radius 1 is 1.37 bits per heavy atom. The first-order chi connectivity index (χ1) is 14.3. The molecule has 1 N–H and O–H groups in total. The van der Waals surface area contributed by atoms with Crippen molar-refractivity contribution in [1.29, 1.82) is 0 Å². The molecular formula is C22H24N4O3S. The molecule has 0 bridgehead atoms. The second kappa shape index (κ2) is 7.45. The van der Waals surface area contributed by atoms with Crippen LogP contribution in [0.5, 0.6) is 0 Å². The molecular weight excluding hydrogens is 400 g/mol. The zero-order chi connectivity index (χ0) is 21.6.